The van der Waals surface area contributed by atoms with E-state index in [4.69, 9.17) is 28.4 Å². The number of anilines is 1. The fourth-order valence-electron chi connectivity index (χ4n) is 3.94. The topological polar surface area (TPSA) is 90.0 Å². The average Bonchev–Trinajstić information content (AvgIpc) is 3.24. The second-order valence-electron chi connectivity index (χ2n) is 7.09. The fraction of sp³-hybridized carbons (Fsp3) is 0.190. The molecule has 0 radical (unpaired) electrons. The van der Waals surface area contributed by atoms with Crippen LogP contribution >= 0.6 is 23.2 Å². The highest BCUT2D eigenvalue weighted by atomic mass is 35.5. The maximum Gasteiger partial charge on any atom is 0.332 e. The second-order valence-corrected chi connectivity index (χ2v) is 7.96. The summed E-state index contributed by atoms with van der Waals surface area (Å²) in [5.74, 6) is -0.947. The largest absolute Gasteiger partial charge is 0.332 e. The minimum absolute atomic E-state index is 0.0224. The number of rotatable bonds is 4. The van der Waals surface area contributed by atoms with Crippen LogP contribution in [0.2, 0.25) is 10.0 Å². The summed E-state index contributed by atoms with van der Waals surface area (Å²) in [5.41, 5.74) is 4.73. The van der Waals surface area contributed by atoms with E-state index in [0.29, 0.717) is 22.2 Å². The van der Waals surface area contributed by atoms with Crippen molar-refractivity contribution in [1.82, 2.24) is 10.4 Å². The van der Waals surface area contributed by atoms with Crippen LogP contribution in [0.4, 0.5) is 10.5 Å². The standard InChI is InChI=1S/C21H17Cl2N3O4/c22-14-8-15(23)10-16(9-14)26-20(28)11-25(21(26)29)18-5-3-13-7-12(1-4-17(13)18)2-6-19(27)24-30/h1-2,4,6-10,18,30H,3,5,11H2,(H,24,27)/b6-2+. The minimum atomic E-state index is -0.615. The van der Waals surface area contributed by atoms with Crippen molar-refractivity contribution in [3.63, 3.8) is 0 Å². The van der Waals surface area contributed by atoms with E-state index in [1.54, 1.807) is 22.5 Å². The first-order chi connectivity index (χ1) is 14.4. The van der Waals surface area contributed by atoms with Gasteiger partial charge in [0, 0.05) is 16.1 Å². The molecule has 0 saturated carbocycles. The van der Waals surface area contributed by atoms with Gasteiger partial charge in [-0.15, -0.1) is 0 Å². The van der Waals surface area contributed by atoms with Crippen LogP contribution < -0.4 is 10.4 Å². The predicted octanol–water partition coefficient (Wildman–Crippen LogP) is 3.97. The van der Waals surface area contributed by atoms with Crippen molar-refractivity contribution in [2.75, 3.05) is 11.4 Å². The molecule has 4 amide bonds. The van der Waals surface area contributed by atoms with Crippen LogP contribution in [0.1, 0.15) is 29.2 Å². The van der Waals surface area contributed by atoms with Crippen LogP contribution in [-0.2, 0) is 16.0 Å². The van der Waals surface area contributed by atoms with Crippen LogP contribution in [0.25, 0.3) is 6.08 Å². The van der Waals surface area contributed by atoms with Crippen molar-refractivity contribution in [3.8, 4) is 0 Å². The van der Waals surface area contributed by atoms with E-state index < -0.39 is 11.9 Å². The van der Waals surface area contributed by atoms with Crippen LogP contribution in [0.3, 0.4) is 0 Å². The van der Waals surface area contributed by atoms with E-state index in [0.717, 1.165) is 28.0 Å². The first-order valence-electron chi connectivity index (χ1n) is 9.22. The highest BCUT2D eigenvalue weighted by Gasteiger charge is 2.43. The molecule has 1 unspecified atom stereocenters. The number of nitrogens with one attached hydrogen (secondary N) is 1. The first kappa shape index (κ1) is 20.4. The number of aryl methyl sites for hydroxylation is 1. The summed E-state index contributed by atoms with van der Waals surface area (Å²) in [7, 11) is 0. The van der Waals surface area contributed by atoms with E-state index in [1.807, 2.05) is 18.2 Å². The van der Waals surface area contributed by atoms with Gasteiger partial charge in [0.25, 0.3) is 11.8 Å². The van der Waals surface area contributed by atoms with E-state index in [1.165, 1.54) is 18.2 Å². The zero-order chi connectivity index (χ0) is 21.4. The lowest BCUT2D eigenvalue weighted by molar-refractivity contribution is -0.124. The molecular formula is C21H17Cl2N3O4. The predicted molar refractivity (Wildman–Crippen MR) is 113 cm³/mol. The van der Waals surface area contributed by atoms with Gasteiger partial charge in [-0.2, -0.15) is 0 Å². The SMILES string of the molecule is O=C(/C=C/c1ccc2c(c1)CCC2N1CC(=O)N(c2cc(Cl)cc(Cl)c2)C1=O)NO. The van der Waals surface area contributed by atoms with E-state index in [2.05, 4.69) is 0 Å². The molecule has 9 heteroatoms. The van der Waals surface area contributed by atoms with Gasteiger partial charge in [-0.1, -0.05) is 41.4 Å². The molecule has 2 aromatic rings. The summed E-state index contributed by atoms with van der Waals surface area (Å²) in [5, 5.41) is 9.26. The number of carbonyl (C=O) groups excluding carboxylic acids is 3. The zero-order valence-electron chi connectivity index (χ0n) is 15.6. The lowest BCUT2D eigenvalue weighted by Crippen LogP contribution is -2.34. The maximum atomic E-state index is 13.1. The maximum absolute atomic E-state index is 13.1. The molecule has 1 aliphatic carbocycles. The Kier molecular flexibility index (Phi) is 5.51. The number of fused-ring (bicyclic) bond motifs is 1. The lowest BCUT2D eigenvalue weighted by Gasteiger charge is -2.24. The molecule has 7 nitrogen and oxygen atoms in total. The molecule has 1 fully saturated rings. The third-order valence-corrected chi connectivity index (χ3v) is 5.66. The van der Waals surface area contributed by atoms with Crippen LogP contribution in [0.5, 0.6) is 0 Å². The smallest absolute Gasteiger partial charge is 0.308 e. The normalized spacial score (nSPS) is 18.4. The zero-order valence-corrected chi connectivity index (χ0v) is 17.2. The Balaban J connectivity index is 1.58. The van der Waals surface area contributed by atoms with E-state index in [9.17, 15) is 14.4 Å². The van der Waals surface area contributed by atoms with Crippen LogP contribution in [0.15, 0.2) is 42.5 Å². The van der Waals surface area contributed by atoms with Crippen LogP contribution in [-0.4, -0.2) is 34.5 Å². The first-order valence-corrected chi connectivity index (χ1v) is 9.97. The molecule has 1 saturated heterocycles. The number of urea groups is 1. The Morgan fingerprint density at radius 3 is 2.57 bits per heavy atom. The van der Waals surface area contributed by atoms with Crippen molar-refractivity contribution < 1.29 is 19.6 Å². The summed E-state index contributed by atoms with van der Waals surface area (Å²) in [6, 6.07) is 9.67. The van der Waals surface area contributed by atoms with Gasteiger partial charge in [0.15, 0.2) is 0 Å². The molecule has 4 rings (SSSR count). The third kappa shape index (κ3) is 3.79. The average molecular weight is 446 g/mol. The summed E-state index contributed by atoms with van der Waals surface area (Å²) < 4.78 is 0. The molecule has 1 aliphatic heterocycles. The van der Waals surface area contributed by atoms with Gasteiger partial charge >= 0.3 is 6.03 Å². The van der Waals surface area contributed by atoms with E-state index >= 15 is 0 Å². The molecule has 2 aliphatic rings. The third-order valence-electron chi connectivity index (χ3n) is 5.22. The molecule has 2 N–H and O–H groups in total. The molecule has 0 spiro atoms. The molecule has 30 heavy (non-hydrogen) atoms. The molecule has 154 valence electrons. The van der Waals surface area contributed by atoms with E-state index in [-0.39, 0.29) is 18.5 Å². The van der Waals surface area contributed by atoms with Crippen molar-refractivity contribution in [1.29, 1.82) is 0 Å². The van der Waals surface area contributed by atoms with Crippen molar-refractivity contribution in [2.45, 2.75) is 18.9 Å². The molecule has 0 aromatic heterocycles. The van der Waals surface area contributed by atoms with Crippen molar-refractivity contribution in [2.24, 2.45) is 0 Å². The van der Waals surface area contributed by atoms with Gasteiger partial charge in [-0.3, -0.25) is 14.8 Å². The number of nitrogens with zero attached hydrogens (tertiary/aromatic N) is 2. The van der Waals surface area contributed by atoms with Gasteiger partial charge in [-0.25, -0.2) is 15.2 Å². The quantitative estimate of drug-likeness (QED) is 0.322. The number of hydrogen-bond acceptors (Lipinski definition) is 4. The van der Waals surface area contributed by atoms with Gasteiger partial charge in [-0.05, 0) is 53.8 Å². The number of hydrogen-bond donors (Lipinski definition) is 2. The van der Waals surface area contributed by atoms with Crippen LogP contribution in [0, 0.1) is 0 Å². The Bertz CT molecular complexity index is 1070. The Morgan fingerprint density at radius 1 is 1.13 bits per heavy atom. The Labute approximate surface area is 182 Å². The number of benzene rings is 2. The lowest BCUT2D eigenvalue weighted by atomic mass is 10.0. The summed E-state index contributed by atoms with van der Waals surface area (Å²) in [4.78, 5) is 39.5. The summed E-state index contributed by atoms with van der Waals surface area (Å²) >= 11 is 12.1. The fourth-order valence-corrected chi connectivity index (χ4v) is 4.45. The highest BCUT2D eigenvalue weighted by molar-refractivity contribution is 6.35. The van der Waals surface area contributed by atoms with Gasteiger partial charge in [0.2, 0.25) is 0 Å². The summed E-state index contributed by atoms with van der Waals surface area (Å²) in [6.07, 6.45) is 4.26. The number of amides is 4. The number of imide groups is 1. The van der Waals surface area contributed by atoms with Crippen molar-refractivity contribution >= 4 is 52.8 Å². The Morgan fingerprint density at radius 2 is 1.87 bits per heavy atom. The second kappa shape index (κ2) is 8.10. The molecular weight excluding hydrogens is 429 g/mol. The number of halogens is 2. The summed E-state index contributed by atoms with van der Waals surface area (Å²) in [6.45, 7) is -0.0224. The highest BCUT2D eigenvalue weighted by Crippen LogP contribution is 2.39. The Hall–Kier alpha value is -2.87. The van der Waals surface area contributed by atoms with Gasteiger partial charge in [0.05, 0.1) is 11.7 Å². The minimum Gasteiger partial charge on any atom is -0.308 e. The number of carbonyl (C=O) groups is 3. The molecule has 1 heterocycles. The molecule has 1 atom stereocenters. The molecule has 0 bridgehead atoms. The van der Waals surface area contributed by atoms with Gasteiger partial charge in [0.1, 0.15) is 6.54 Å². The van der Waals surface area contributed by atoms with Gasteiger partial charge < -0.3 is 4.90 Å². The number of hydroxylamine groups is 1. The molecule has 2 aromatic carbocycles. The van der Waals surface area contributed by atoms with Crippen molar-refractivity contribution in [3.05, 3.63) is 69.2 Å². The monoisotopic (exact) mass is 445 g/mol.